The maximum Gasteiger partial charge on any atom is 0.0892 e. The molecule has 1 nitrogen and oxygen atoms in total. The Morgan fingerprint density at radius 1 is 1.50 bits per heavy atom. The summed E-state index contributed by atoms with van der Waals surface area (Å²) < 4.78 is 0. The molecule has 14 heavy (non-hydrogen) atoms. The molecule has 1 N–H and O–H groups in total. The average Bonchev–Trinajstić information content (AvgIpc) is 2.18. The van der Waals surface area contributed by atoms with Crippen LogP contribution in [0.1, 0.15) is 45.4 Å². The van der Waals surface area contributed by atoms with Crippen molar-refractivity contribution < 1.29 is 5.11 Å². The van der Waals surface area contributed by atoms with E-state index < -0.39 is 5.60 Å². The van der Waals surface area contributed by atoms with Crippen LogP contribution >= 0.6 is 0 Å². The predicted molar refractivity (Wildman–Crippen MR) is 59.0 cm³/mol. The Morgan fingerprint density at radius 2 is 2.36 bits per heavy atom. The molecule has 78 valence electrons. The van der Waals surface area contributed by atoms with E-state index in [0.29, 0.717) is 5.92 Å². The van der Waals surface area contributed by atoms with Gasteiger partial charge in [0.2, 0.25) is 0 Å². The van der Waals surface area contributed by atoms with Gasteiger partial charge in [-0.1, -0.05) is 23.8 Å². The molecule has 1 saturated carbocycles. The zero-order chi connectivity index (χ0) is 10.0. The Balaban J connectivity index is 2.08. The number of rotatable bonds is 2. The second kappa shape index (κ2) is 3.90. The van der Waals surface area contributed by atoms with Gasteiger partial charge in [0.15, 0.2) is 0 Å². The molecule has 0 aromatic heterocycles. The molecule has 2 aliphatic rings. The first-order chi connectivity index (χ1) is 6.76. The number of aliphatic hydroxyl groups is 1. The van der Waals surface area contributed by atoms with Crippen molar-refractivity contribution in [1.29, 1.82) is 0 Å². The highest BCUT2D eigenvalue weighted by molar-refractivity contribution is 5.24. The van der Waals surface area contributed by atoms with Crippen LogP contribution in [-0.4, -0.2) is 10.7 Å². The zero-order valence-corrected chi connectivity index (χ0v) is 9.00. The smallest absolute Gasteiger partial charge is 0.0892 e. The van der Waals surface area contributed by atoms with Crippen molar-refractivity contribution >= 4 is 0 Å². The van der Waals surface area contributed by atoms with Gasteiger partial charge in [-0.25, -0.2) is 0 Å². The highest BCUT2D eigenvalue weighted by Gasteiger charge is 2.44. The van der Waals surface area contributed by atoms with Gasteiger partial charge in [0.05, 0.1) is 5.60 Å². The summed E-state index contributed by atoms with van der Waals surface area (Å²) in [6.07, 6.45) is 13.5. The monoisotopic (exact) mass is 192 g/mol. The molecule has 0 aromatic carbocycles. The van der Waals surface area contributed by atoms with Gasteiger partial charge in [0.25, 0.3) is 0 Å². The molecule has 0 amide bonds. The van der Waals surface area contributed by atoms with Crippen molar-refractivity contribution in [3.63, 3.8) is 0 Å². The topological polar surface area (TPSA) is 20.2 Å². The summed E-state index contributed by atoms with van der Waals surface area (Å²) in [4.78, 5) is 0. The number of hydrogen-bond donors (Lipinski definition) is 1. The van der Waals surface area contributed by atoms with Crippen LogP contribution in [-0.2, 0) is 0 Å². The summed E-state index contributed by atoms with van der Waals surface area (Å²) >= 11 is 0. The van der Waals surface area contributed by atoms with Crippen molar-refractivity contribution in [2.24, 2.45) is 5.92 Å². The second-order valence-electron chi connectivity index (χ2n) is 4.61. The van der Waals surface area contributed by atoms with Crippen LogP contribution in [0.4, 0.5) is 0 Å². The van der Waals surface area contributed by atoms with Gasteiger partial charge in [0, 0.05) is 5.92 Å². The minimum absolute atomic E-state index is 0.430. The molecule has 0 unspecified atom stereocenters. The van der Waals surface area contributed by atoms with Gasteiger partial charge in [-0.05, 0) is 45.4 Å². The molecule has 1 heteroatoms. The minimum atomic E-state index is -0.502. The van der Waals surface area contributed by atoms with Crippen LogP contribution in [0.2, 0.25) is 0 Å². The standard InChI is InChI=1S/C13H20O/c1-2-9-13(14)10-8-12(13)11-6-4-3-5-7-11/h2,6,9,12,14H,3-5,7-8,10H2,1H3/b9-2+/t12-,13-/m0/s1. The van der Waals surface area contributed by atoms with Crippen molar-refractivity contribution in [3.05, 3.63) is 23.8 Å². The van der Waals surface area contributed by atoms with Crippen LogP contribution in [0.15, 0.2) is 23.8 Å². The number of hydrogen-bond acceptors (Lipinski definition) is 1. The van der Waals surface area contributed by atoms with Crippen LogP contribution in [0.5, 0.6) is 0 Å². The van der Waals surface area contributed by atoms with E-state index >= 15 is 0 Å². The van der Waals surface area contributed by atoms with Gasteiger partial charge in [-0.15, -0.1) is 0 Å². The van der Waals surface area contributed by atoms with Crippen LogP contribution in [0.3, 0.4) is 0 Å². The van der Waals surface area contributed by atoms with E-state index in [1.54, 1.807) is 0 Å². The van der Waals surface area contributed by atoms with Crippen molar-refractivity contribution in [3.8, 4) is 0 Å². The van der Waals surface area contributed by atoms with Gasteiger partial charge in [0.1, 0.15) is 0 Å². The summed E-state index contributed by atoms with van der Waals surface area (Å²) in [6.45, 7) is 1.99. The van der Waals surface area contributed by atoms with E-state index in [-0.39, 0.29) is 0 Å². The van der Waals surface area contributed by atoms with E-state index in [4.69, 9.17) is 0 Å². The highest BCUT2D eigenvalue weighted by Crippen LogP contribution is 2.46. The third-order valence-electron chi connectivity index (χ3n) is 3.67. The van der Waals surface area contributed by atoms with E-state index in [0.717, 1.165) is 6.42 Å². The first kappa shape index (κ1) is 9.97. The molecular formula is C13H20O. The normalized spacial score (nSPS) is 38.1. The molecule has 0 bridgehead atoms. The van der Waals surface area contributed by atoms with E-state index in [1.807, 2.05) is 19.1 Å². The van der Waals surface area contributed by atoms with Crippen molar-refractivity contribution in [2.45, 2.75) is 51.0 Å². The third kappa shape index (κ3) is 1.66. The number of allylic oxidation sites excluding steroid dienone is 2. The molecule has 0 spiro atoms. The summed E-state index contributed by atoms with van der Waals surface area (Å²) in [5, 5.41) is 10.3. The molecule has 0 heterocycles. The zero-order valence-electron chi connectivity index (χ0n) is 9.00. The quantitative estimate of drug-likeness (QED) is 0.666. The fourth-order valence-corrected chi connectivity index (χ4v) is 2.76. The molecule has 1 fully saturated rings. The maximum atomic E-state index is 10.3. The van der Waals surface area contributed by atoms with Gasteiger partial charge in [-0.3, -0.25) is 0 Å². The van der Waals surface area contributed by atoms with Crippen molar-refractivity contribution in [2.75, 3.05) is 0 Å². The highest BCUT2D eigenvalue weighted by atomic mass is 16.3. The van der Waals surface area contributed by atoms with E-state index in [1.165, 1.54) is 37.7 Å². The fourth-order valence-electron chi connectivity index (χ4n) is 2.76. The fraction of sp³-hybridized carbons (Fsp3) is 0.692. The minimum Gasteiger partial charge on any atom is -0.385 e. The Bertz CT molecular complexity index is 264. The average molecular weight is 192 g/mol. The first-order valence-electron chi connectivity index (χ1n) is 5.81. The van der Waals surface area contributed by atoms with E-state index in [2.05, 4.69) is 6.08 Å². The molecule has 2 atom stereocenters. The predicted octanol–water partition coefficient (Wildman–Crippen LogP) is 3.20. The third-order valence-corrected chi connectivity index (χ3v) is 3.67. The molecule has 0 aromatic rings. The molecule has 2 aliphatic carbocycles. The Labute approximate surface area is 86.5 Å². The van der Waals surface area contributed by atoms with Crippen molar-refractivity contribution in [1.82, 2.24) is 0 Å². The second-order valence-corrected chi connectivity index (χ2v) is 4.61. The lowest BCUT2D eigenvalue weighted by Gasteiger charge is -2.45. The SMILES string of the molecule is C/C=C/[C@]1(O)CC[C@H]1C1=CCCCC1. The van der Waals surface area contributed by atoms with Crippen LogP contribution < -0.4 is 0 Å². The molecule has 0 saturated heterocycles. The van der Waals surface area contributed by atoms with Crippen LogP contribution in [0.25, 0.3) is 0 Å². The summed E-state index contributed by atoms with van der Waals surface area (Å²) in [5.41, 5.74) is 1.01. The Kier molecular flexibility index (Phi) is 2.78. The van der Waals surface area contributed by atoms with Gasteiger partial charge in [-0.2, -0.15) is 0 Å². The summed E-state index contributed by atoms with van der Waals surface area (Å²) in [5.74, 6) is 0.430. The van der Waals surface area contributed by atoms with Gasteiger partial charge >= 0.3 is 0 Å². The lowest BCUT2D eigenvalue weighted by molar-refractivity contribution is -0.0356. The van der Waals surface area contributed by atoms with Crippen LogP contribution in [0, 0.1) is 5.92 Å². The lowest BCUT2D eigenvalue weighted by atomic mass is 9.64. The van der Waals surface area contributed by atoms with E-state index in [9.17, 15) is 5.11 Å². The Hall–Kier alpha value is -0.560. The molecule has 2 rings (SSSR count). The Morgan fingerprint density at radius 3 is 2.86 bits per heavy atom. The summed E-state index contributed by atoms with van der Waals surface area (Å²) in [6, 6.07) is 0. The molecular weight excluding hydrogens is 172 g/mol. The summed E-state index contributed by atoms with van der Waals surface area (Å²) in [7, 11) is 0. The largest absolute Gasteiger partial charge is 0.385 e. The molecule has 0 radical (unpaired) electrons. The molecule has 0 aliphatic heterocycles. The first-order valence-corrected chi connectivity index (χ1v) is 5.81. The van der Waals surface area contributed by atoms with Gasteiger partial charge < -0.3 is 5.11 Å². The maximum absolute atomic E-state index is 10.3. The lowest BCUT2D eigenvalue weighted by Crippen LogP contribution is -2.46.